The van der Waals surface area contributed by atoms with Crippen LogP contribution in [0.5, 0.6) is 0 Å². The highest BCUT2D eigenvalue weighted by Gasteiger charge is 2.24. The average Bonchev–Trinajstić information content (AvgIpc) is 1.75. The lowest BCUT2D eigenvalue weighted by Gasteiger charge is -2.26. The van der Waals surface area contributed by atoms with Crippen LogP contribution in [-0.4, -0.2) is 32.5 Å². The smallest absolute Gasteiger partial charge is 0.264 e. The summed E-state index contributed by atoms with van der Waals surface area (Å²) >= 11 is 0. The third-order valence-electron chi connectivity index (χ3n) is 1.62. The molecule has 0 unspecified atom stereocenters. The van der Waals surface area contributed by atoms with Crippen molar-refractivity contribution < 1.29 is 17.3 Å². The van der Waals surface area contributed by atoms with Crippen LogP contribution in [0.2, 0.25) is 0 Å². The quantitative estimate of drug-likeness (QED) is 0.687. The van der Waals surface area contributed by atoms with E-state index in [1.165, 1.54) is 0 Å². The highest BCUT2D eigenvalue weighted by Crippen LogP contribution is 2.18. The van der Waals surface area contributed by atoms with Crippen LogP contribution in [0.25, 0.3) is 0 Å². The summed E-state index contributed by atoms with van der Waals surface area (Å²) in [5, 5.41) is 0. The molecule has 0 spiro atoms. The Morgan fingerprint density at radius 2 is 1.53 bits per heavy atom. The van der Waals surface area contributed by atoms with Crippen LogP contribution in [0.1, 0.15) is 41.0 Å². The summed E-state index contributed by atoms with van der Waals surface area (Å²) in [4.78, 5) is 0. The average molecular weight is 238 g/mol. The Morgan fingerprint density at radius 1 is 1.07 bits per heavy atom. The van der Waals surface area contributed by atoms with E-state index >= 15 is 0 Å². The second kappa shape index (κ2) is 4.80. The Kier molecular flexibility index (Phi) is 4.76. The lowest BCUT2D eigenvalue weighted by atomic mass is 10.1. The van der Waals surface area contributed by atoms with Gasteiger partial charge in [-0.2, -0.15) is 8.42 Å². The van der Waals surface area contributed by atoms with E-state index in [1.807, 2.05) is 20.8 Å². The van der Waals surface area contributed by atoms with Crippen molar-refractivity contribution >= 4 is 10.1 Å². The largest absolute Gasteiger partial charge is 0.376 e. The van der Waals surface area contributed by atoms with E-state index in [-0.39, 0.29) is 5.60 Å². The van der Waals surface area contributed by atoms with Gasteiger partial charge in [-0.1, -0.05) is 0 Å². The molecule has 0 N–H and O–H groups in total. The van der Waals surface area contributed by atoms with E-state index < -0.39 is 15.7 Å². The zero-order chi connectivity index (χ0) is 12.3. The van der Waals surface area contributed by atoms with Gasteiger partial charge in [0, 0.05) is 6.42 Å². The minimum absolute atomic E-state index is 0.207. The van der Waals surface area contributed by atoms with Crippen LogP contribution < -0.4 is 0 Å². The molecule has 0 aromatic carbocycles. The predicted molar refractivity (Wildman–Crippen MR) is 60.3 cm³/mol. The summed E-state index contributed by atoms with van der Waals surface area (Å²) in [6, 6.07) is 0. The Hall–Kier alpha value is -0.130. The maximum atomic E-state index is 10.9. The molecule has 0 aromatic rings. The van der Waals surface area contributed by atoms with Crippen LogP contribution >= 0.6 is 0 Å². The molecule has 92 valence electrons. The van der Waals surface area contributed by atoms with E-state index in [9.17, 15) is 8.42 Å². The summed E-state index contributed by atoms with van der Waals surface area (Å²) in [5.74, 6) is 0. The second-order valence-corrected chi connectivity index (χ2v) is 6.83. The van der Waals surface area contributed by atoms with Crippen LogP contribution in [0.15, 0.2) is 0 Å². The van der Waals surface area contributed by atoms with E-state index in [4.69, 9.17) is 8.92 Å². The highest BCUT2D eigenvalue weighted by atomic mass is 32.2. The number of hydrogen-bond acceptors (Lipinski definition) is 4. The third kappa shape index (κ3) is 10.2. The first-order chi connectivity index (χ1) is 6.41. The summed E-state index contributed by atoms with van der Waals surface area (Å²) in [6.07, 6.45) is 1.59. The van der Waals surface area contributed by atoms with Gasteiger partial charge in [0.25, 0.3) is 10.1 Å². The molecule has 0 saturated heterocycles. The molecule has 15 heavy (non-hydrogen) atoms. The van der Waals surface area contributed by atoms with Gasteiger partial charge in [0.2, 0.25) is 0 Å². The van der Waals surface area contributed by atoms with Gasteiger partial charge in [-0.25, -0.2) is 0 Å². The van der Waals surface area contributed by atoms with E-state index in [0.717, 1.165) is 6.26 Å². The Labute approximate surface area is 93.1 Å². The van der Waals surface area contributed by atoms with Gasteiger partial charge >= 0.3 is 0 Å². The maximum Gasteiger partial charge on any atom is 0.264 e. The SMILES string of the molecule is CC(C)(C)OCCC(C)(C)OS(C)(=O)=O. The van der Waals surface area contributed by atoms with Gasteiger partial charge in [0.1, 0.15) is 0 Å². The van der Waals surface area contributed by atoms with Gasteiger partial charge in [-0.15, -0.1) is 0 Å². The molecule has 0 aliphatic carbocycles. The molecular formula is C10H22O4S. The molecule has 0 aliphatic rings. The zero-order valence-corrected chi connectivity index (χ0v) is 11.3. The summed E-state index contributed by atoms with van der Waals surface area (Å²) in [5.41, 5.74) is -0.917. The van der Waals surface area contributed by atoms with E-state index in [1.54, 1.807) is 13.8 Å². The Bertz CT molecular complexity index is 285. The lowest BCUT2D eigenvalue weighted by Crippen LogP contribution is -2.31. The van der Waals surface area contributed by atoms with Crippen molar-refractivity contribution in [1.82, 2.24) is 0 Å². The molecule has 0 radical (unpaired) electrons. The molecule has 0 saturated carbocycles. The second-order valence-electron chi connectivity index (χ2n) is 5.26. The fourth-order valence-electron chi connectivity index (χ4n) is 1.05. The molecule has 0 atom stereocenters. The topological polar surface area (TPSA) is 52.6 Å². The van der Waals surface area contributed by atoms with Gasteiger partial charge < -0.3 is 4.74 Å². The van der Waals surface area contributed by atoms with Gasteiger partial charge in [0.15, 0.2) is 0 Å². The normalized spacial score (nSPS) is 14.3. The van der Waals surface area contributed by atoms with Crippen LogP contribution in [0, 0.1) is 0 Å². The monoisotopic (exact) mass is 238 g/mol. The molecule has 4 nitrogen and oxygen atoms in total. The molecule has 0 rings (SSSR count). The van der Waals surface area contributed by atoms with Crippen molar-refractivity contribution in [3.63, 3.8) is 0 Å². The van der Waals surface area contributed by atoms with Crippen molar-refractivity contribution in [1.29, 1.82) is 0 Å². The van der Waals surface area contributed by atoms with Crippen molar-refractivity contribution in [2.75, 3.05) is 12.9 Å². The summed E-state index contributed by atoms with van der Waals surface area (Å²) in [6.45, 7) is 9.82. The number of rotatable bonds is 5. The van der Waals surface area contributed by atoms with Crippen molar-refractivity contribution in [3.05, 3.63) is 0 Å². The maximum absolute atomic E-state index is 10.9. The van der Waals surface area contributed by atoms with E-state index in [2.05, 4.69) is 0 Å². The molecular weight excluding hydrogens is 216 g/mol. The molecule has 0 amide bonds. The zero-order valence-electron chi connectivity index (χ0n) is 10.5. The molecule has 0 heterocycles. The van der Waals surface area contributed by atoms with Crippen LogP contribution in [0.3, 0.4) is 0 Å². The van der Waals surface area contributed by atoms with E-state index in [0.29, 0.717) is 13.0 Å². The third-order valence-corrected chi connectivity index (χ3v) is 2.37. The lowest BCUT2D eigenvalue weighted by molar-refractivity contribution is -0.0277. The molecule has 5 heteroatoms. The number of hydrogen-bond donors (Lipinski definition) is 0. The van der Waals surface area contributed by atoms with Gasteiger partial charge in [0.05, 0.1) is 24.1 Å². The van der Waals surface area contributed by atoms with Crippen molar-refractivity contribution in [2.24, 2.45) is 0 Å². The Morgan fingerprint density at radius 3 is 1.87 bits per heavy atom. The Balaban J connectivity index is 4.06. The minimum Gasteiger partial charge on any atom is -0.376 e. The predicted octanol–water partition coefficient (Wildman–Crippen LogP) is 1.95. The fraction of sp³-hybridized carbons (Fsp3) is 1.00. The summed E-state index contributed by atoms with van der Waals surface area (Å²) in [7, 11) is -3.40. The fourth-order valence-corrected chi connectivity index (χ4v) is 1.96. The number of ether oxygens (including phenoxy) is 1. The minimum atomic E-state index is -3.40. The first-order valence-electron chi connectivity index (χ1n) is 4.96. The first-order valence-corrected chi connectivity index (χ1v) is 6.78. The van der Waals surface area contributed by atoms with Gasteiger partial charge in [-0.05, 0) is 34.6 Å². The molecule has 0 aliphatic heterocycles. The molecule has 0 fully saturated rings. The first kappa shape index (κ1) is 14.9. The van der Waals surface area contributed by atoms with Crippen molar-refractivity contribution in [2.45, 2.75) is 52.2 Å². The standard InChI is InChI=1S/C10H22O4S/c1-9(2,3)13-8-7-10(4,5)14-15(6,11)12/h7-8H2,1-6H3. The summed E-state index contributed by atoms with van der Waals surface area (Å²) < 4.78 is 32.3. The van der Waals surface area contributed by atoms with Crippen LogP contribution in [0.4, 0.5) is 0 Å². The van der Waals surface area contributed by atoms with Crippen molar-refractivity contribution in [3.8, 4) is 0 Å². The van der Waals surface area contributed by atoms with Gasteiger partial charge in [-0.3, -0.25) is 4.18 Å². The molecule has 0 aromatic heterocycles. The highest BCUT2D eigenvalue weighted by molar-refractivity contribution is 7.86. The van der Waals surface area contributed by atoms with Crippen LogP contribution in [-0.2, 0) is 19.0 Å². The molecule has 0 bridgehead atoms.